The van der Waals surface area contributed by atoms with E-state index in [0.717, 1.165) is 0 Å². The van der Waals surface area contributed by atoms with Gasteiger partial charge in [-0.1, -0.05) is 49.7 Å². The molecule has 0 heterocycles. The summed E-state index contributed by atoms with van der Waals surface area (Å²) in [4.78, 5) is 0. The average molecular weight is 227 g/mol. The lowest BCUT2D eigenvalue weighted by atomic mass is 9.92. The molecule has 1 atom stereocenters. The first-order valence-electron chi connectivity index (χ1n) is 6.43. The van der Waals surface area contributed by atoms with Crippen LogP contribution < -0.4 is 5.32 Å². The molecule has 0 aliphatic carbocycles. The molecule has 1 unspecified atom stereocenters. The van der Waals surface area contributed by atoms with Gasteiger partial charge < -0.3 is 5.32 Å². The van der Waals surface area contributed by atoms with Crippen LogP contribution in [0.3, 0.4) is 0 Å². The lowest BCUT2D eigenvalue weighted by Crippen LogP contribution is -2.17. The predicted molar refractivity (Wildman–Crippen MR) is 75.4 cm³/mol. The van der Waals surface area contributed by atoms with Crippen molar-refractivity contribution in [2.75, 3.05) is 7.05 Å². The molecule has 1 nitrogen and oxygen atoms in total. The van der Waals surface area contributed by atoms with Crippen LogP contribution in [0.25, 0.3) is 10.8 Å². The maximum Gasteiger partial charge on any atom is 0.0326 e. The van der Waals surface area contributed by atoms with E-state index in [2.05, 4.69) is 62.6 Å². The van der Waals surface area contributed by atoms with E-state index in [0.29, 0.717) is 6.04 Å². The summed E-state index contributed by atoms with van der Waals surface area (Å²) in [6, 6.07) is 13.6. The molecule has 0 bridgehead atoms. The van der Waals surface area contributed by atoms with Gasteiger partial charge in [-0.25, -0.2) is 0 Å². The van der Waals surface area contributed by atoms with E-state index in [4.69, 9.17) is 0 Å². The summed E-state index contributed by atoms with van der Waals surface area (Å²) in [6.07, 6.45) is 2.39. The maximum atomic E-state index is 3.45. The summed E-state index contributed by atoms with van der Waals surface area (Å²) in [6.45, 7) is 4.45. The van der Waals surface area contributed by atoms with Crippen LogP contribution in [0.2, 0.25) is 0 Å². The molecule has 2 rings (SSSR count). The van der Waals surface area contributed by atoms with Crippen molar-refractivity contribution in [3.8, 4) is 0 Å². The second-order valence-electron chi connectivity index (χ2n) is 4.65. The minimum Gasteiger partial charge on any atom is -0.313 e. The summed E-state index contributed by atoms with van der Waals surface area (Å²) in [5, 5.41) is 6.18. The van der Waals surface area contributed by atoms with Crippen LogP contribution >= 0.6 is 0 Å². The molecule has 0 amide bonds. The first kappa shape index (κ1) is 12.1. The second kappa shape index (κ2) is 5.33. The van der Waals surface area contributed by atoms with Gasteiger partial charge in [-0.15, -0.1) is 0 Å². The van der Waals surface area contributed by atoms with Gasteiger partial charge in [0.1, 0.15) is 0 Å². The SMILES string of the molecule is CCCC(NC)c1c(C)ccc2ccccc12. The quantitative estimate of drug-likeness (QED) is 0.825. The van der Waals surface area contributed by atoms with Gasteiger partial charge in [0.2, 0.25) is 0 Å². The van der Waals surface area contributed by atoms with E-state index in [1.165, 1.54) is 34.7 Å². The van der Waals surface area contributed by atoms with E-state index in [1.54, 1.807) is 0 Å². The number of aryl methyl sites for hydroxylation is 1. The molecule has 2 aromatic carbocycles. The highest BCUT2D eigenvalue weighted by Crippen LogP contribution is 2.29. The summed E-state index contributed by atoms with van der Waals surface area (Å²) in [5.74, 6) is 0. The van der Waals surface area contributed by atoms with E-state index in [9.17, 15) is 0 Å². The van der Waals surface area contributed by atoms with Gasteiger partial charge in [0.15, 0.2) is 0 Å². The third-order valence-electron chi connectivity index (χ3n) is 3.46. The number of hydrogen-bond acceptors (Lipinski definition) is 1. The van der Waals surface area contributed by atoms with Crippen molar-refractivity contribution in [2.45, 2.75) is 32.7 Å². The molecule has 17 heavy (non-hydrogen) atoms. The molecule has 90 valence electrons. The van der Waals surface area contributed by atoms with Crippen molar-refractivity contribution in [2.24, 2.45) is 0 Å². The van der Waals surface area contributed by atoms with E-state index < -0.39 is 0 Å². The fourth-order valence-corrected chi connectivity index (χ4v) is 2.59. The zero-order valence-electron chi connectivity index (χ0n) is 11.0. The fraction of sp³-hybridized carbons (Fsp3) is 0.375. The molecule has 0 saturated carbocycles. The molecule has 0 saturated heterocycles. The standard InChI is InChI=1S/C16H21N/c1-4-7-15(17-3)16-12(2)10-11-13-8-5-6-9-14(13)16/h5-6,8-11,15,17H,4,7H2,1-3H3. The fourth-order valence-electron chi connectivity index (χ4n) is 2.59. The van der Waals surface area contributed by atoms with Crippen molar-refractivity contribution in [3.05, 3.63) is 47.5 Å². The Labute approximate surface area is 104 Å². The summed E-state index contributed by atoms with van der Waals surface area (Å²) >= 11 is 0. The van der Waals surface area contributed by atoms with Crippen molar-refractivity contribution < 1.29 is 0 Å². The van der Waals surface area contributed by atoms with E-state index >= 15 is 0 Å². The predicted octanol–water partition coefficient (Wildman–Crippen LogP) is 4.21. The lowest BCUT2D eigenvalue weighted by Gasteiger charge is -2.20. The van der Waals surface area contributed by atoms with Gasteiger partial charge in [-0.05, 0) is 42.3 Å². The summed E-state index contributed by atoms with van der Waals surface area (Å²) in [5.41, 5.74) is 2.85. The lowest BCUT2D eigenvalue weighted by molar-refractivity contribution is 0.543. The van der Waals surface area contributed by atoms with Gasteiger partial charge in [0.25, 0.3) is 0 Å². The van der Waals surface area contributed by atoms with Crippen molar-refractivity contribution in [3.63, 3.8) is 0 Å². The van der Waals surface area contributed by atoms with Crippen LogP contribution in [0, 0.1) is 6.92 Å². The smallest absolute Gasteiger partial charge is 0.0326 e. The Morgan fingerprint density at radius 2 is 1.88 bits per heavy atom. The van der Waals surface area contributed by atoms with E-state index in [-0.39, 0.29) is 0 Å². The molecule has 0 aromatic heterocycles. The van der Waals surface area contributed by atoms with E-state index in [1.807, 2.05) is 0 Å². The topological polar surface area (TPSA) is 12.0 Å². The second-order valence-corrected chi connectivity index (χ2v) is 4.65. The first-order chi connectivity index (χ1) is 8.27. The van der Waals surface area contributed by atoms with Crippen molar-refractivity contribution in [1.29, 1.82) is 0 Å². The van der Waals surface area contributed by atoms with Gasteiger partial charge in [-0.3, -0.25) is 0 Å². The Kier molecular flexibility index (Phi) is 3.80. The zero-order chi connectivity index (χ0) is 12.3. The molecule has 2 aromatic rings. The minimum absolute atomic E-state index is 0.464. The normalized spacial score (nSPS) is 12.9. The van der Waals surface area contributed by atoms with Gasteiger partial charge in [-0.2, -0.15) is 0 Å². The van der Waals surface area contributed by atoms with Gasteiger partial charge in [0.05, 0.1) is 0 Å². The molecular weight excluding hydrogens is 206 g/mol. The molecule has 0 radical (unpaired) electrons. The third-order valence-corrected chi connectivity index (χ3v) is 3.46. The van der Waals surface area contributed by atoms with Crippen LogP contribution in [0.4, 0.5) is 0 Å². The highest BCUT2D eigenvalue weighted by molar-refractivity contribution is 5.87. The Hall–Kier alpha value is -1.34. The van der Waals surface area contributed by atoms with Crippen LogP contribution in [0.15, 0.2) is 36.4 Å². The number of fused-ring (bicyclic) bond motifs is 1. The number of nitrogens with one attached hydrogen (secondary N) is 1. The number of rotatable bonds is 4. The Morgan fingerprint density at radius 1 is 1.12 bits per heavy atom. The van der Waals surface area contributed by atoms with Gasteiger partial charge in [0, 0.05) is 6.04 Å². The Balaban J connectivity index is 2.60. The van der Waals surface area contributed by atoms with Crippen molar-refractivity contribution >= 4 is 10.8 Å². The summed E-state index contributed by atoms with van der Waals surface area (Å²) < 4.78 is 0. The van der Waals surface area contributed by atoms with Crippen molar-refractivity contribution in [1.82, 2.24) is 5.32 Å². The molecule has 1 N–H and O–H groups in total. The molecular formula is C16H21N. The largest absolute Gasteiger partial charge is 0.313 e. The molecule has 0 fully saturated rings. The summed E-state index contributed by atoms with van der Waals surface area (Å²) in [7, 11) is 2.06. The average Bonchev–Trinajstić information content (AvgIpc) is 2.37. The molecule has 0 aliphatic heterocycles. The monoisotopic (exact) mass is 227 g/mol. The van der Waals surface area contributed by atoms with Crippen LogP contribution in [-0.2, 0) is 0 Å². The highest BCUT2D eigenvalue weighted by atomic mass is 14.9. The van der Waals surface area contributed by atoms with Crippen LogP contribution in [0.1, 0.15) is 36.9 Å². The zero-order valence-corrected chi connectivity index (χ0v) is 11.0. The van der Waals surface area contributed by atoms with Gasteiger partial charge >= 0.3 is 0 Å². The Bertz CT molecular complexity index is 502. The minimum atomic E-state index is 0.464. The number of hydrogen-bond donors (Lipinski definition) is 1. The molecule has 0 aliphatic rings. The molecule has 1 heteroatoms. The Morgan fingerprint density at radius 3 is 2.59 bits per heavy atom. The molecule has 0 spiro atoms. The van der Waals surface area contributed by atoms with Crippen LogP contribution in [0.5, 0.6) is 0 Å². The highest BCUT2D eigenvalue weighted by Gasteiger charge is 2.13. The van der Waals surface area contributed by atoms with Crippen LogP contribution in [-0.4, -0.2) is 7.05 Å². The first-order valence-corrected chi connectivity index (χ1v) is 6.43. The third kappa shape index (κ3) is 2.34. The number of benzene rings is 2. The maximum absolute atomic E-state index is 3.45.